The summed E-state index contributed by atoms with van der Waals surface area (Å²) in [4.78, 5) is 11.7. The Morgan fingerprint density at radius 2 is 1.89 bits per heavy atom. The van der Waals surface area contributed by atoms with E-state index in [2.05, 4.69) is 0 Å². The number of aldehydes is 1. The third-order valence-electron chi connectivity index (χ3n) is 2.24. The fraction of sp³-hybridized carbons (Fsp3) is 0. The van der Waals surface area contributed by atoms with Gasteiger partial charge in [0.15, 0.2) is 6.29 Å². The molecule has 0 aromatic heterocycles. The number of benzene rings is 2. The first-order chi connectivity index (χ1) is 8.61. The maximum absolute atomic E-state index is 13.5. The number of rotatable bonds is 3. The lowest BCUT2D eigenvalue weighted by molar-refractivity contribution is 0.112. The number of carbonyl (C=O) groups excluding carboxylic acids is 1. The van der Waals surface area contributed by atoms with Crippen LogP contribution in [0.3, 0.4) is 0 Å². The Hall–Kier alpha value is -1.39. The quantitative estimate of drug-likeness (QED) is 0.767. The van der Waals surface area contributed by atoms with E-state index in [-0.39, 0.29) is 4.90 Å². The highest BCUT2D eigenvalue weighted by Crippen LogP contribution is 2.34. The molecule has 0 amide bonds. The summed E-state index contributed by atoms with van der Waals surface area (Å²) in [5, 5.41) is 0.303. The summed E-state index contributed by atoms with van der Waals surface area (Å²) in [7, 11) is 0. The number of hydrogen-bond donors (Lipinski definition) is 0. The molecule has 0 fully saturated rings. The van der Waals surface area contributed by atoms with Gasteiger partial charge in [-0.1, -0.05) is 29.4 Å². The van der Waals surface area contributed by atoms with Crippen molar-refractivity contribution in [1.82, 2.24) is 0 Å². The van der Waals surface area contributed by atoms with Crippen LogP contribution in [0.25, 0.3) is 0 Å². The summed E-state index contributed by atoms with van der Waals surface area (Å²) < 4.78 is 26.3. The molecule has 0 aliphatic carbocycles. The van der Waals surface area contributed by atoms with E-state index in [1.54, 1.807) is 18.2 Å². The van der Waals surface area contributed by atoms with Crippen LogP contribution in [0.15, 0.2) is 46.2 Å². The number of hydrogen-bond acceptors (Lipinski definition) is 2. The van der Waals surface area contributed by atoms with Crippen LogP contribution in [0.2, 0.25) is 5.02 Å². The molecule has 0 aliphatic heterocycles. The first-order valence-corrected chi connectivity index (χ1v) is 6.18. The first-order valence-electron chi connectivity index (χ1n) is 4.98. The van der Waals surface area contributed by atoms with Gasteiger partial charge in [0.1, 0.15) is 11.6 Å². The van der Waals surface area contributed by atoms with E-state index in [4.69, 9.17) is 11.6 Å². The second-order valence-corrected chi connectivity index (χ2v) is 4.94. The van der Waals surface area contributed by atoms with Gasteiger partial charge in [0.2, 0.25) is 0 Å². The minimum absolute atomic E-state index is 0.238. The maximum Gasteiger partial charge on any atom is 0.152 e. The van der Waals surface area contributed by atoms with Crippen molar-refractivity contribution in [3.8, 4) is 0 Å². The second-order valence-electron chi connectivity index (χ2n) is 3.45. The van der Waals surface area contributed by atoms with E-state index in [1.165, 1.54) is 6.07 Å². The fourth-order valence-corrected chi connectivity index (χ4v) is 2.62. The van der Waals surface area contributed by atoms with Gasteiger partial charge in [0.05, 0.1) is 5.02 Å². The molecular formula is C13H7ClF2OS. The van der Waals surface area contributed by atoms with E-state index in [9.17, 15) is 13.6 Å². The number of carbonyl (C=O) groups is 1. The molecule has 0 aliphatic rings. The molecule has 92 valence electrons. The van der Waals surface area contributed by atoms with Gasteiger partial charge in [-0.25, -0.2) is 8.78 Å². The molecule has 0 heterocycles. The molecule has 2 aromatic rings. The fourth-order valence-electron chi connectivity index (χ4n) is 1.40. The highest BCUT2D eigenvalue weighted by Gasteiger charge is 2.10. The normalized spacial score (nSPS) is 10.4. The minimum atomic E-state index is -0.670. The Morgan fingerprint density at radius 3 is 2.56 bits per heavy atom. The van der Waals surface area contributed by atoms with Crippen molar-refractivity contribution in [3.05, 3.63) is 58.6 Å². The van der Waals surface area contributed by atoms with E-state index in [0.717, 1.165) is 23.9 Å². The van der Waals surface area contributed by atoms with Crippen LogP contribution in [-0.4, -0.2) is 6.29 Å². The molecule has 0 unspecified atom stereocenters. The minimum Gasteiger partial charge on any atom is -0.298 e. The van der Waals surface area contributed by atoms with Crippen molar-refractivity contribution in [1.29, 1.82) is 0 Å². The van der Waals surface area contributed by atoms with Crippen LogP contribution in [0, 0.1) is 11.6 Å². The molecule has 0 spiro atoms. The van der Waals surface area contributed by atoms with Crippen LogP contribution in [0.4, 0.5) is 8.78 Å². The largest absolute Gasteiger partial charge is 0.298 e. The smallest absolute Gasteiger partial charge is 0.152 e. The molecule has 0 saturated heterocycles. The summed E-state index contributed by atoms with van der Waals surface area (Å²) >= 11 is 6.89. The SMILES string of the molecule is O=Cc1c(Cl)cccc1Sc1ccc(F)cc1F. The van der Waals surface area contributed by atoms with Gasteiger partial charge in [-0.2, -0.15) is 0 Å². The van der Waals surface area contributed by atoms with Gasteiger partial charge < -0.3 is 0 Å². The van der Waals surface area contributed by atoms with Gasteiger partial charge in [0, 0.05) is 21.4 Å². The second kappa shape index (κ2) is 5.50. The zero-order valence-electron chi connectivity index (χ0n) is 8.99. The van der Waals surface area contributed by atoms with Crippen molar-refractivity contribution < 1.29 is 13.6 Å². The molecule has 2 rings (SSSR count). The molecule has 2 aromatic carbocycles. The summed E-state index contributed by atoms with van der Waals surface area (Å²) in [6.45, 7) is 0. The van der Waals surface area contributed by atoms with Crippen molar-refractivity contribution in [2.75, 3.05) is 0 Å². The van der Waals surface area contributed by atoms with Crippen molar-refractivity contribution >= 4 is 29.6 Å². The van der Waals surface area contributed by atoms with Crippen molar-refractivity contribution in [2.45, 2.75) is 9.79 Å². The molecule has 5 heteroatoms. The maximum atomic E-state index is 13.5. The Morgan fingerprint density at radius 1 is 1.11 bits per heavy atom. The highest BCUT2D eigenvalue weighted by atomic mass is 35.5. The Bertz CT molecular complexity index is 602. The average molecular weight is 285 g/mol. The van der Waals surface area contributed by atoms with Crippen molar-refractivity contribution in [2.24, 2.45) is 0 Å². The molecule has 0 saturated carbocycles. The van der Waals surface area contributed by atoms with Crippen LogP contribution in [0.5, 0.6) is 0 Å². The van der Waals surface area contributed by atoms with Crippen LogP contribution in [0.1, 0.15) is 10.4 Å². The molecular weight excluding hydrogens is 278 g/mol. The summed E-state index contributed by atoms with van der Waals surface area (Å²) in [5.41, 5.74) is 0.299. The first kappa shape index (κ1) is 13.1. The standard InChI is InChI=1S/C13H7ClF2OS/c14-10-2-1-3-12(9(10)7-17)18-13-5-4-8(15)6-11(13)16/h1-7H. The van der Waals surface area contributed by atoms with Crippen molar-refractivity contribution in [3.63, 3.8) is 0 Å². The Kier molecular flexibility index (Phi) is 3.99. The Labute approximate surface area is 112 Å². The predicted octanol–water partition coefficient (Wildman–Crippen LogP) is 4.58. The summed E-state index contributed by atoms with van der Waals surface area (Å²) in [6, 6.07) is 8.19. The summed E-state index contributed by atoms with van der Waals surface area (Å²) in [6.07, 6.45) is 0.617. The van der Waals surface area contributed by atoms with Gasteiger partial charge in [-0.15, -0.1) is 0 Å². The topological polar surface area (TPSA) is 17.1 Å². The molecule has 0 atom stereocenters. The molecule has 1 nitrogen and oxygen atoms in total. The zero-order chi connectivity index (χ0) is 13.1. The van der Waals surface area contributed by atoms with E-state index in [0.29, 0.717) is 21.8 Å². The third kappa shape index (κ3) is 2.71. The third-order valence-corrected chi connectivity index (χ3v) is 3.70. The predicted molar refractivity (Wildman–Crippen MR) is 67.3 cm³/mol. The summed E-state index contributed by atoms with van der Waals surface area (Å²) in [5.74, 6) is -1.31. The molecule has 18 heavy (non-hydrogen) atoms. The van der Waals surface area contributed by atoms with Crippen LogP contribution >= 0.6 is 23.4 Å². The molecule has 0 radical (unpaired) electrons. The van der Waals surface area contributed by atoms with E-state index in [1.807, 2.05) is 0 Å². The van der Waals surface area contributed by atoms with Gasteiger partial charge in [-0.3, -0.25) is 4.79 Å². The van der Waals surface area contributed by atoms with Gasteiger partial charge in [-0.05, 0) is 24.3 Å². The van der Waals surface area contributed by atoms with Gasteiger partial charge >= 0.3 is 0 Å². The average Bonchev–Trinajstić information content (AvgIpc) is 2.33. The molecule has 0 N–H and O–H groups in total. The lowest BCUT2D eigenvalue weighted by Crippen LogP contribution is -1.89. The van der Waals surface area contributed by atoms with E-state index < -0.39 is 11.6 Å². The van der Waals surface area contributed by atoms with E-state index >= 15 is 0 Å². The number of halogens is 3. The highest BCUT2D eigenvalue weighted by molar-refractivity contribution is 7.99. The van der Waals surface area contributed by atoms with Crippen LogP contribution < -0.4 is 0 Å². The lowest BCUT2D eigenvalue weighted by atomic mass is 10.2. The lowest BCUT2D eigenvalue weighted by Gasteiger charge is -2.06. The molecule has 0 bridgehead atoms. The monoisotopic (exact) mass is 284 g/mol. The van der Waals surface area contributed by atoms with Gasteiger partial charge in [0.25, 0.3) is 0 Å². The van der Waals surface area contributed by atoms with Crippen LogP contribution in [-0.2, 0) is 0 Å². The Balaban J connectivity index is 2.40. The zero-order valence-corrected chi connectivity index (χ0v) is 10.6.